The minimum Gasteiger partial charge on any atom is -0.444 e. The molecule has 1 aromatic carbocycles. The number of nitrogens with one attached hydrogen (secondary N) is 1. The number of ether oxygens (including phenoxy) is 1. The van der Waals surface area contributed by atoms with Gasteiger partial charge in [0.05, 0.1) is 0 Å². The van der Waals surface area contributed by atoms with Crippen molar-refractivity contribution in [2.45, 2.75) is 39.7 Å². The van der Waals surface area contributed by atoms with Crippen LogP contribution in [0.15, 0.2) is 12.2 Å². The standard InChI is InChI=1S/C17H18F5NO4/c1-7(2)5-9(6-8(3)4)26-17(25)23-27-16(24)10-11(18)13(20)15(22)14(21)12(10)19/h8-9H,1,5-6H2,2-4H3,(H,23,25). The van der Waals surface area contributed by atoms with Crippen LogP contribution in [0.1, 0.15) is 44.0 Å². The van der Waals surface area contributed by atoms with Gasteiger partial charge in [-0.15, -0.1) is 12.1 Å². The van der Waals surface area contributed by atoms with Crippen molar-refractivity contribution in [1.82, 2.24) is 5.48 Å². The van der Waals surface area contributed by atoms with E-state index in [9.17, 15) is 31.5 Å². The van der Waals surface area contributed by atoms with Crippen LogP contribution >= 0.6 is 0 Å². The highest BCUT2D eigenvalue weighted by molar-refractivity contribution is 5.90. The van der Waals surface area contributed by atoms with E-state index in [1.807, 2.05) is 13.8 Å². The fourth-order valence-corrected chi connectivity index (χ4v) is 2.19. The van der Waals surface area contributed by atoms with Crippen LogP contribution in [0, 0.1) is 35.0 Å². The molecule has 1 amide bonds. The Balaban J connectivity index is 2.82. The van der Waals surface area contributed by atoms with Crippen molar-refractivity contribution in [3.8, 4) is 0 Å². The van der Waals surface area contributed by atoms with Crippen molar-refractivity contribution in [1.29, 1.82) is 0 Å². The summed E-state index contributed by atoms with van der Waals surface area (Å²) in [5.41, 5.74) is 0.328. The molecule has 1 rings (SSSR count). The molecule has 0 fully saturated rings. The average molecular weight is 395 g/mol. The highest BCUT2D eigenvalue weighted by Crippen LogP contribution is 2.23. The lowest BCUT2D eigenvalue weighted by molar-refractivity contribution is 0.00930. The second kappa shape index (κ2) is 9.33. The van der Waals surface area contributed by atoms with Crippen LogP contribution < -0.4 is 5.48 Å². The predicted octanol–water partition coefficient (Wildman–Crippen LogP) is 4.56. The molecule has 1 unspecified atom stereocenters. The number of hydroxylamine groups is 1. The van der Waals surface area contributed by atoms with Crippen LogP contribution in [0.5, 0.6) is 0 Å². The number of hydrogen-bond donors (Lipinski definition) is 1. The fourth-order valence-electron chi connectivity index (χ4n) is 2.19. The summed E-state index contributed by atoms with van der Waals surface area (Å²) < 4.78 is 71.1. The molecule has 1 N–H and O–H groups in total. The smallest absolute Gasteiger partial charge is 0.441 e. The van der Waals surface area contributed by atoms with Crippen molar-refractivity contribution in [2.75, 3.05) is 0 Å². The molecule has 0 aromatic heterocycles. The molecule has 0 aliphatic rings. The van der Waals surface area contributed by atoms with E-state index >= 15 is 0 Å². The number of halogens is 5. The van der Waals surface area contributed by atoms with Gasteiger partial charge in [0, 0.05) is 6.42 Å². The van der Waals surface area contributed by atoms with E-state index in [1.165, 1.54) is 5.48 Å². The Morgan fingerprint density at radius 1 is 1.00 bits per heavy atom. The van der Waals surface area contributed by atoms with Gasteiger partial charge in [-0.3, -0.25) is 0 Å². The first-order chi connectivity index (χ1) is 12.5. The normalized spacial score (nSPS) is 11.9. The van der Waals surface area contributed by atoms with Crippen LogP contribution in [0.4, 0.5) is 26.7 Å². The van der Waals surface area contributed by atoms with E-state index < -0.39 is 52.8 Å². The van der Waals surface area contributed by atoms with Gasteiger partial charge in [0.15, 0.2) is 23.3 Å². The lowest BCUT2D eigenvalue weighted by Gasteiger charge is -2.19. The summed E-state index contributed by atoms with van der Waals surface area (Å²) in [7, 11) is 0. The van der Waals surface area contributed by atoms with Crippen LogP contribution in [0.2, 0.25) is 0 Å². The van der Waals surface area contributed by atoms with Gasteiger partial charge in [-0.1, -0.05) is 19.4 Å². The van der Waals surface area contributed by atoms with E-state index in [2.05, 4.69) is 11.4 Å². The first-order valence-corrected chi connectivity index (χ1v) is 7.79. The molecule has 1 atom stereocenters. The maximum absolute atomic E-state index is 13.5. The number of carbonyl (C=O) groups is 2. The topological polar surface area (TPSA) is 64.6 Å². The minimum atomic E-state index is -2.43. The van der Waals surface area contributed by atoms with Gasteiger partial charge >= 0.3 is 12.1 Å². The molecule has 150 valence electrons. The van der Waals surface area contributed by atoms with Gasteiger partial charge in [-0.05, 0) is 19.3 Å². The highest BCUT2D eigenvalue weighted by atomic mass is 19.2. The van der Waals surface area contributed by atoms with Gasteiger partial charge in [0.1, 0.15) is 11.7 Å². The van der Waals surface area contributed by atoms with Crippen molar-refractivity contribution in [3.63, 3.8) is 0 Å². The number of benzene rings is 1. The summed E-state index contributed by atoms with van der Waals surface area (Å²) in [5, 5.41) is 0. The number of amides is 1. The Bertz CT molecular complexity index is 722. The lowest BCUT2D eigenvalue weighted by atomic mass is 10.0. The third-order valence-corrected chi connectivity index (χ3v) is 3.23. The van der Waals surface area contributed by atoms with Gasteiger partial charge < -0.3 is 9.57 Å². The monoisotopic (exact) mass is 395 g/mol. The van der Waals surface area contributed by atoms with Gasteiger partial charge in [-0.25, -0.2) is 31.5 Å². The average Bonchev–Trinajstić information content (AvgIpc) is 2.55. The molecule has 10 heteroatoms. The van der Waals surface area contributed by atoms with E-state index in [0.29, 0.717) is 18.4 Å². The summed E-state index contributed by atoms with van der Waals surface area (Å²) in [5.74, 6) is -13.7. The van der Waals surface area contributed by atoms with E-state index in [4.69, 9.17) is 4.74 Å². The van der Waals surface area contributed by atoms with Crippen molar-refractivity contribution < 1.29 is 41.1 Å². The Kier molecular flexibility index (Phi) is 7.74. The molecule has 0 heterocycles. The predicted molar refractivity (Wildman–Crippen MR) is 83.9 cm³/mol. The summed E-state index contributed by atoms with van der Waals surface area (Å²) in [6.07, 6.45) is -1.13. The molecule has 1 aromatic rings. The van der Waals surface area contributed by atoms with E-state index in [1.54, 1.807) is 6.92 Å². The largest absolute Gasteiger partial charge is 0.444 e. The molecule has 27 heavy (non-hydrogen) atoms. The first kappa shape index (κ1) is 22.4. The van der Waals surface area contributed by atoms with Crippen molar-refractivity contribution >= 4 is 12.1 Å². The van der Waals surface area contributed by atoms with Crippen LogP contribution in [0.25, 0.3) is 0 Å². The lowest BCUT2D eigenvalue weighted by Crippen LogP contribution is -2.32. The van der Waals surface area contributed by atoms with Crippen molar-refractivity contribution in [2.24, 2.45) is 5.92 Å². The molecule has 0 aliphatic heterocycles. The molecule has 0 saturated heterocycles. The van der Waals surface area contributed by atoms with E-state index in [0.717, 1.165) is 0 Å². The molecular weight excluding hydrogens is 377 g/mol. The van der Waals surface area contributed by atoms with Crippen molar-refractivity contribution in [3.05, 3.63) is 46.8 Å². The highest BCUT2D eigenvalue weighted by Gasteiger charge is 2.31. The van der Waals surface area contributed by atoms with Gasteiger partial charge in [0.25, 0.3) is 0 Å². The van der Waals surface area contributed by atoms with Crippen LogP contribution in [-0.2, 0) is 9.57 Å². The maximum atomic E-state index is 13.5. The molecule has 0 radical (unpaired) electrons. The fraction of sp³-hybridized carbons (Fsp3) is 0.412. The molecule has 0 spiro atoms. The second-order valence-electron chi connectivity index (χ2n) is 6.25. The second-order valence-corrected chi connectivity index (χ2v) is 6.25. The Morgan fingerprint density at radius 3 is 1.93 bits per heavy atom. The molecule has 5 nitrogen and oxygen atoms in total. The molecule has 0 bridgehead atoms. The summed E-state index contributed by atoms with van der Waals surface area (Å²) in [6.45, 7) is 9.13. The third kappa shape index (κ3) is 5.93. The summed E-state index contributed by atoms with van der Waals surface area (Å²) in [4.78, 5) is 27.4. The minimum absolute atomic E-state index is 0.151. The van der Waals surface area contributed by atoms with Gasteiger partial charge in [0.2, 0.25) is 5.82 Å². The zero-order valence-corrected chi connectivity index (χ0v) is 14.8. The molecule has 0 saturated carbocycles. The maximum Gasteiger partial charge on any atom is 0.441 e. The quantitative estimate of drug-likeness (QED) is 0.252. The Hall–Kier alpha value is -2.65. The summed E-state index contributed by atoms with van der Waals surface area (Å²) >= 11 is 0. The molecular formula is C17H18F5NO4. The number of hydrogen-bond acceptors (Lipinski definition) is 4. The van der Waals surface area contributed by atoms with Crippen LogP contribution in [0.3, 0.4) is 0 Å². The van der Waals surface area contributed by atoms with Crippen LogP contribution in [-0.4, -0.2) is 18.2 Å². The number of carbonyl (C=O) groups excluding carboxylic acids is 2. The Labute approximate surface area is 152 Å². The van der Waals surface area contributed by atoms with E-state index in [-0.39, 0.29) is 5.92 Å². The van der Waals surface area contributed by atoms with Gasteiger partial charge in [-0.2, -0.15) is 0 Å². The molecule has 0 aliphatic carbocycles. The third-order valence-electron chi connectivity index (χ3n) is 3.23. The zero-order chi connectivity index (χ0) is 20.9. The SMILES string of the molecule is C=C(C)CC(CC(C)C)OC(=O)NOC(=O)c1c(F)c(F)c(F)c(F)c1F. The first-order valence-electron chi connectivity index (χ1n) is 7.79. The zero-order valence-electron chi connectivity index (χ0n) is 14.8. The number of rotatable bonds is 6. The Morgan fingerprint density at radius 2 is 1.48 bits per heavy atom. The summed E-state index contributed by atoms with van der Waals surface area (Å²) in [6, 6.07) is 0.